The number of amides is 1. The van der Waals surface area contributed by atoms with Crippen molar-refractivity contribution in [3.63, 3.8) is 0 Å². The van der Waals surface area contributed by atoms with Crippen molar-refractivity contribution in [2.24, 2.45) is 0 Å². The van der Waals surface area contributed by atoms with E-state index in [0.717, 1.165) is 30.0 Å². The predicted octanol–water partition coefficient (Wildman–Crippen LogP) is 2.29. The molecule has 0 bridgehead atoms. The normalized spacial score (nSPS) is 18.4. The Morgan fingerprint density at radius 2 is 2.15 bits per heavy atom. The Morgan fingerprint density at radius 3 is 3.04 bits per heavy atom. The molecule has 2 aliphatic heterocycles. The Labute approximate surface area is 155 Å². The number of hydrogen-bond acceptors (Lipinski definition) is 6. The molecule has 0 saturated carbocycles. The molecule has 136 valence electrons. The van der Waals surface area contributed by atoms with Crippen LogP contribution >= 0.6 is 0 Å². The van der Waals surface area contributed by atoms with Crippen molar-refractivity contribution in [1.82, 2.24) is 25.1 Å². The molecule has 2 aromatic heterocycles. The second kappa shape index (κ2) is 6.48. The summed E-state index contributed by atoms with van der Waals surface area (Å²) in [6, 6.07) is 11.7. The highest BCUT2D eigenvalue weighted by Crippen LogP contribution is 2.28. The van der Waals surface area contributed by atoms with Crippen LogP contribution in [0.2, 0.25) is 0 Å². The lowest BCUT2D eigenvalue weighted by Crippen LogP contribution is -2.13. The van der Waals surface area contributed by atoms with Crippen LogP contribution in [0.3, 0.4) is 0 Å². The lowest BCUT2D eigenvalue weighted by atomic mass is 10.1. The first-order valence-corrected chi connectivity index (χ1v) is 8.91. The maximum Gasteiger partial charge on any atom is 0.254 e. The molecular weight excluding hydrogens is 344 g/mol. The third-order valence-corrected chi connectivity index (χ3v) is 4.93. The van der Waals surface area contributed by atoms with Gasteiger partial charge in [0.25, 0.3) is 5.91 Å². The zero-order valence-electron chi connectivity index (χ0n) is 14.6. The van der Waals surface area contributed by atoms with Gasteiger partial charge in [0, 0.05) is 13.2 Å². The number of hydrogen-bond donors (Lipinski definition) is 2. The number of benzene rings is 1. The Balaban J connectivity index is 1.47. The second-order valence-electron chi connectivity index (χ2n) is 6.63. The fraction of sp³-hybridized carbons (Fsp3) is 0.263. The Morgan fingerprint density at radius 1 is 1.22 bits per heavy atom. The van der Waals surface area contributed by atoms with E-state index in [1.54, 1.807) is 6.33 Å². The Kier molecular flexibility index (Phi) is 3.83. The summed E-state index contributed by atoms with van der Waals surface area (Å²) in [6.45, 7) is 1.97. The van der Waals surface area contributed by atoms with Gasteiger partial charge in [-0.1, -0.05) is 18.2 Å². The molecule has 8 nitrogen and oxygen atoms in total. The average molecular weight is 362 g/mol. The molecule has 0 radical (unpaired) electrons. The zero-order chi connectivity index (χ0) is 18.2. The van der Waals surface area contributed by atoms with Crippen LogP contribution in [0.5, 0.6) is 0 Å². The lowest BCUT2D eigenvalue weighted by Gasteiger charge is -2.13. The standard InChI is InChI=1S/C19H18N6O2/c26-19-17-12(9-20-19)3-1-4-14(17)22-16-6-2-5-15(23-16)18-24-21-11-25(18)13-7-8-27-10-13/h1-6,11,13H,7-10H2,(H,20,26)(H,22,23)/t13-/m1/s1. The molecule has 27 heavy (non-hydrogen) atoms. The van der Waals surface area contributed by atoms with Crippen molar-refractivity contribution in [3.8, 4) is 11.5 Å². The first-order chi connectivity index (χ1) is 13.3. The average Bonchev–Trinajstić information content (AvgIpc) is 3.43. The van der Waals surface area contributed by atoms with Crippen molar-refractivity contribution in [2.45, 2.75) is 19.0 Å². The molecule has 4 heterocycles. The maximum absolute atomic E-state index is 12.1. The van der Waals surface area contributed by atoms with Crippen molar-refractivity contribution < 1.29 is 9.53 Å². The fourth-order valence-corrected chi connectivity index (χ4v) is 3.59. The summed E-state index contributed by atoms with van der Waals surface area (Å²) in [5, 5.41) is 14.4. The summed E-state index contributed by atoms with van der Waals surface area (Å²) in [5.74, 6) is 1.30. The van der Waals surface area contributed by atoms with Crippen molar-refractivity contribution in [1.29, 1.82) is 0 Å². The van der Waals surface area contributed by atoms with Crippen LogP contribution in [0.1, 0.15) is 28.4 Å². The highest BCUT2D eigenvalue weighted by molar-refractivity contribution is 6.04. The smallest absolute Gasteiger partial charge is 0.254 e. The molecule has 8 heteroatoms. The minimum absolute atomic E-state index is 0.0646. The van der Waals surface area contributed by atoms with Crippen molar-refractivity contribution in [3.05, 3.63) is 53.9 Å². The van der Waals surface area contributed by atoms with E-state index in [9.17, 15) is 4.79 Å². The first-order valence-electron chi connectivity index (χ1n) is 8.91. The van der Waals surface area contributed by atoms with Gasteiger partial charge in [0.05, 0.1) is 23.9 Å². The molecule has 1 amide bonds. The van der Waals surface area contributed by atoms with Crippen LogP contribution in [-0.4, -0.2) is 38.9 Å². The van der Waals surface area contributed by atoms with Gasteiger partial charge in [-0.3, -0.25) is 4.79 Å². The highest BCUT2D eigenvalue weighted by atomic mass is 16.5. The number of nitrogens with one attached hydrogen (secondary N) is 2. The quantitative estimate of drug-likeness (QED) is 0.740. The fourth-order valence-electron chi connectivity index (χ4n) is 3.59. The number of anilines is 2. The van der Waals surface area contributed by atoms with Gasteiger partial charge in [-0.2, -0.15) is 0 Å². The Hall–Kier alpha value is -3.26. The predicted molar refractivity (Wildman–Crippen MR) is 98.6 cm³/mol. The number of aromatic nitrogens is 4. The monoisotopic (exact) mass is 362 g/mol. The van der Waals surface area contributed by atoms with Crippen LogP contribution in [0.15, 0.2) is 42.7 Å². The molecule has 2 aliphatic rings. The van der Waals surface area contributed by atoms with Gasteiger partial charge < -0.3 is 19.9 Å². The van der Waals surface area contributed by atoms with Gasteiger partial charge in [-0.05, 0) is 30.2 Å². The van der Waals surface area contributed by atoms with E-state index in [1.165, 1.54) is 0 Å². The van der Waals surface area contributed by atoms with Gasteiger partial charge >= 0.3 is 0 Å². The van der Waals surface area contributed by atoms with E-state index in [4.69, 9.17) is 4.74 Å². The zero-order valence-corrected chi connectivity index (χ0v) is 14.6. The van der Waals surface area contributed by atoms with E-state index in [1.807, 2.05) is 41.0 Å². The van der Waals surface area contributed by atoms with E-state index in [2.05, 4.69) is 25.8 Å². The van der Waals surface area contributed by atoms with Crippen molar-refractivity contribution in [2.75, 3.05) is 18.5 Å². The van der Waals surface area contributed by atoms with Crippen LogP contribution in [0.4, 0.5) is 11.5 Å². The minimum Gasteiger partial charge on any atom is -0.379 e. The molecule has 0 unspecified atom stereocenters. The molecule has 1 aromatic carbocycles. The first kappa shape index (κ1) is 16.0. The minimum atomic E-state index is -0.0646. The number of rotatable bonds is 4. The van der Waals surface area contributed by atoms with Gasteiger partial charge in [-0.15, -0.1) is 10.2 Å². The van der Waals surface area contributed by atoms with E-state index >= 15 is 0 Å². The molecule has 0 aliphatic carbocycles. The molecule has 0 spiro atoms. The van der Waals surface area contributed by atoms with Gasteiger partial charge in [-0.25, -0.2) is 4.98 Å². The number of nitrogens with zero attached hydrogens (tertiary/aromatic N) is 4. The maximum atomic E-state index is 12.1. The van der Waals surface area contributed by atoms with E-state index in [-0.39, 0.29) is 11.9 Å². The highest BCUT2D eigenvalue weighted by Gasteiger charge is 2.23. The van der Waals surface area contributed by atoms with Crippen LogP contribution in [-0.2, 0) is 11.3 Å². The molecule has 2 N–H and O–H groups in total. The summed E-state index contributed by atoms with van der Waals surface area (Å²) in [5.41, 5.74) is 3.14. The molecule has 3 aromatic rings. The SMILES string of the molecule is O=C1NCc2cccc(Nc3cccc(-c4nncn4[C@@H]4CCOC4)n3)c21. The second-order valence-corrected chi connectivity index (χ2v) is 6.63. The third-order valence-electron chi connectivity index (χ3n) is 4.93. The number of carbonyl (C=O) groups excluding carboxylic acids is 1. The topological polar surface area (TPSA) is 94.0 Å². The molecular formula is C19H18N6O2. The van der Waals surface area contributed by atoms with E-state index < -0.39 is 0 Å². The molecule has 1 fully saturated rings. The third kappa shape index (κ3) is 2.83. The summed E-state index contributed by atoms with van der Waals surface area (Å²) >= 11 is 0. The number of pyridine rings is 1. The van der Waals surface area contributed by atoms with Gasteiger partial charge in [0.15, 0.2) is 5.82 Å². The van der Waals surface area contributed by atoms with Crippen LogP contribution in [0, 0.1) is 0 Å². The summed E-state index contributed by atoms with van der Waals surface area (Å²) in [4.78, 5) is 16.8. The number of carbonyl (C=O) groups is 1. The van der Waals surface area contributed by atoms with Gasteiger partial charge in [0.1, 0.15) is 17.8 Å². The summed E-state index contributed by atoms with van der Waals surface area (Å²) in [6.07, 6.45) is 2.67. The summed E-state index contributed by atoms with van der Waals surface area (Å²) < 4.78 is 7.50. The lowest BCUT2D eigenvalue weighted by molar-refractivity contribution is 0.0966. The van der Waals surface area contributed by atoms with Crippen LogP contribution in [0.25, 0.3) is 11.5 Å². The molecule has 1 atom stereocenters. The molecule has 1 saturated heterocycles. The van der Waals surface area contributed by atoms with Gasteiger partial charge in [0.2, 0.25) is 0 Å². The van der Waals surface area contributed by atoms with Crippen LogP contribution < -0.4 is 10.6 Å². The van der Waals surface area contributed by atoms with E-state index in [0.29, 0.717) is 30.4 Å². The number of ether oxygens (including phenoxy) is 1. The summed E-state index contributed by atoms with van der Waals surface area (Å²) in [7, 11) is 0. The number of fused-ring (bicyclic) bond motifs is 1. The Bertz CT molecular complexity index is 1010. The largest absolute Gasteiger partial charge is 0.379 e. The van der Waals surface area contributed by atoms with Crippen molar-refractivity contribution >= 4 is 17.4 Å². The molecule has 5 rings (SSSR count).